The lowest BCUT2D eigenvalue weighted by Crippen LogP contribution is -1.94. The van der Waals surface area contributed by atoms with E-state index in [0.717, 1.165) is 11.4 Å². The average Bonchev–Trinajstić information content (AvgIpc) is 2.50. The zero-order chi connectivity index (χ0) is 10.1. The molecule has 0 fully saturated rings. The fourth-order valence-corrected chi connectivity index (χ4v) is 1.74. The Hall–Kier alpha value is -0.990. The van der Waals surface area contributed by atoms with Crippen LogP contribution < -0.4 is 0 Å². The molecule has 0 radical (unpaired) electrons. The first-order valence-corrected chi connectivity index (χ1v) is 4.89. The van der Waals surface area contributed by atoms with E-state index in [1.807, 2.05) is 31.3 Å². The van der Waals surface area contributed by atoms with Crippen molar-refractivity contribution in [2.24, 2.45) is 0 Å². The summed E-state index contributed by atoms with van der Waals surface area (Å²) < 4.78 is 1.74. The molecule has 1 heterocycles. The lowest BCUT2D eigenvalue weighted by atomic mass is 10.3. The topological polar surface area (TPSA) is 17.8 Å². The van der Waals surface area contributed by atoms with Gasteiger partial charge in [0, 0.05) is 16.2 Å². The molecule has 0 unspecified atom stereocenters. The summed E-state index contributed by atoms with van der Waals surface area (Å²) in [7, 11) is 0. The Balaban J connectivity index is 2.51. The molecule has 2 nitrogen and oxygen atoms in total. The van der Waals surface area contributed by atoms with Crippen molar-refractivity contribution in [3.8, 4) is 5.69 Å². The molecule has 0 atom stereocenters. The average molecular weight is 227 g/mol. The number of rotatable bonds is 1. The Labute approximate surface area is 92.1 Å². The molecular formula is C10H8Cl2N2. The number of benzene rings is 1. The summed E-state index contributed by atoms with van der Waals surface area (Å²) in [6.45, 7) is 1.93. The standard InChI is InChI=1S/C10H8Cl2N2/c1-7-2-3-14(13-7)10-5-8(11)4-9(12)6-10/h2-6H,1H3. The first-order valence-electron chi connectivity index (χ1n) is 4.14. The van der Waals surface area contributed by atoms with Crippen LogP contribution in [0.5, 0.6) is 0 Å². The van der Waals surface area contributed by atoms with Crippen LogP contribution >= 0.6 is 23.2 Å². The highest BCUT2D eigenvalue weighted by Gasteiger charge is 2.01. The van der Waals surface area contributed by atoms with Gasteiger partial charge in [0.2, 0.25) is 0 Å². The van der Waals surface area contributed by atoms with Gasteiger partial charge in [0.1, 0.15) is 0 Å². The van der Waals surface area contributed by atoms with Crippen molar-refractivity contribution in [1.82, 2.24) is 9.78 Å². The fraction of sp³-hybridized carbons (Fsp3) is 0.100. The Morgan fingerprint density at radius 1 is 1.14 bits per heavy atom. The van der Waals surface area contributed by atoms with Gasteiger partial charge in [-0.05, 0) is 31.2 Å². The molecule has 0 N–H and O–H groups in total. The van der Waals surface area contributed by atoms with E-state index in [2.05, 4.69) is 5.10 Å². The molecule has 0 saturated heterocycles. The van der Waals surface area contributed by atoms with Gasteiger partial charge in [-0.2, -0.15) is 5.10 Å². The molecule has 0 bridgehead atoms. The molecular weight excluding hydrogens is 219 g/mol. The summed E-state index contributed by atoms with van der Waals surface area (Å²) in [4.78, 5) is 0. The van der Waals surface area contributed by atoms with Gasteiger partial charge in [0.15, 0.2) is 0 Å². The lowest BCUT2D eigenvalue weighted by Gasteiger charge is -2.02. The lowest BCUT2D eigenvalue weighted by molar-refractivity contribution is 0.863. The van der Waals surface area contributed by atoms with Crippen LogP contribution in [0.4, 0.5) is 0 Å². The van der Waals surface area contributed by atoms with E-state index >= 15 is 0 Å². The van der Waals surface area contributed by atoms with E-state index in [1.54, 1.807) is 10.7 Å². The normalized spacial score (nSPS) is 10.5. The summed E-state index contributed by atoms with van der Waals surface area (Å²) in [6.07, 6.45) is 1.87. The minimum atomic E-state index is 0.612. The predicted molar refractivity (Wildman–Crippen MR) is 58.3 cm³/mol. The van der Waals surface area contributed by atoms with Crippen LogP contribution in [-0.4, -0.2) is 9.78 Å². The van der Waals surface area contributed by atoms with Gasteiger partial charge >= 0.3 is 0 Å². The SMILES string of the molecule is Cc1ccn(-c2cc(Cl)cc(Cl)c2)n1. The summed E-state index contributed by atoms with van der Waals surface area (Å²) in [6, 6.07) is 7.26. The molecule has 0 amide bonds. The quantitative estimate of drug-likeness (QED) is 0.729. The third-order valence-corrected chi connectivity index (χ3v) is 2.27. The molecule has 0 aliphatic rings. The third-order valence-electron chi connectivity index (χ3n) is 1.83. The van der Waals surface area contributed by atoms with Crippen molar-refractivity contribution in [2.75, 3.05) is 0 Å². The van der Waals surface area contributed by atoms with E-state index in [4.69, 9.17) is 23.2 Å². The molecule has 0 saturated carbocycles. The second kappa shape index (κ2) is 3.64. The van der Waals surface area contributed by atoms with Gasteiger partial charge in [-0.3, -0.25) is 0 Å². The van der Waals surface area contributed by atoms with Crippen LogP contribution in [0.3, 0.4) is 0 Å². The first kappa shape index (κ1) is 9.56. The zero-order valence-electron chi connectivity index (χ0n) is 7.54. The Bertz CT molecular complexity index is 443. The van der Waals surface area contributed by atoms with Crippen molar-refractivity contribution < 1.29 is 0 Å². The smallest absolute Gasteiger partial charge is 0.0675 e. The maximum absolute atomic E-state index is 5.88. The van der Waals surface area contributed by atoms with E-state index in [-0.39, 0.29) is 0 Å². The largest absolute Gasteiger partial charge is 0.241 e. The van der Waals surface area contributed by atoms with Gasteiger partial charge in [0.05, 0.1) is 11.4 Å². The van der Waals surface area contributed by atoms with E-state index in [0.29, 0.717) is 10.0 Å². The number of aromatic nitrogens is 2. The molecule has 4 heteroatoms. The van der Waals surface area contributed by atoms with Crippen molar-refractivity contribution in [2.45, 2.75) is 6.92 Å². The van der Waals surface area contributed by atoms with E-state index in [1.165, 1.54) is 0 Å². The van der Waals surface area contributed by atoms with Gasteiger partial charge in [0.25, 0.3) is 0 Å². The fourth-order valence-electron chi connectivity index (χ4n) is 1.23. The zero-order valence-corrected chi connectivity index (χ0v) is 9.05. The minimum Gasteiger partial charge on any atom is -0.241 e. The van der Waals surface area contributed by atoms with Crippen LogP contribution in [0.25, 0.3) is 5.69 Å². The Morgan fingerprint density at radius 3 is 2.29 bits per heavy atom. The maximum Gasteiger partial charge on any atom is 0.0675 e. The van der Waals surface area contributed by atoms with Crippen molar-refractivity contribution >= 4 is 23.2 Å². The van der Waals surface area contributed by atoms with Crippen molar-refractivity contribution in [3.63, 3.8) is 0 Å². The number of hydrogen-bond acceptors (Lipinski definition) is 1. The highest BCUT2D eigenvalue weighted by Crippen LogP contribution is 2.21. The Morgan fingerprint density at radius 2 is 1.79 bits per heavy atom. The molecule has 2 rings (SSSR count). The number of nitrogens with zero attached hydrogens (tertiary/aromatic N) is 2. The molecule has 0 spiro atoms. The van der Waals surface area contributed by atoms with Crippen molar-refractivity contribution in [1.29, 1.82) is 0 Å². The number of halogens is 2. The summed E-state index contributed by atoms with van der Waals surface area (Å²) in [5.41, 5.74) is 1.83. The minimum absolute atomic E-state index is 0.612. The van der Waals surface area contributed by atoms with Gasteiger partial charge in [-0.25, -0.2) is 4.68 Å². The molecule has 2 aromatic rings. The molecule has 72 valence electrons. The number of aryl methyl sites for hydroxylation is 1. The van der Waals surface area contributed by atoms with Crippen LogP contribution in [0.1, 0.15) is 5.69 Å². The highest BCUT2D eigenvalue weighted by molar-refractivity contribution is 6.34. The monoisotopic (exact) mass is 226 g/mol. The number of hydrogen-bond donors (Lipinski definition) is 0. The highest BCUT2D eigenvalue weighted by atomic mass is 35.5. The molecule has 1 aromatic carbocycles. The second-order valence-electron chi connectivity index (χ2n) is 3.03. The van der Waals surface area contributed by atoms with E-state index in [9.17, 15) is 0 Å². The molecule has 0 aliphatic heterocycles. The molecule has 0 aliphatic carbocycles. The molecule has 14 heavy (non-hydrogen) atoms. The third kappa shape index (κ3) is 1.91. The summed E-state index contributed by atoms with van der Waals surface area (Å²) in [5, 5.41) is 5.49. The van der Waals surface area contributed by atoms with Crippen molar-refractivity contribution in [3.05, 3.63) is 46.2 Å². The molecule has 1 aromatic heterocycles. The van der Waals surface area contributed by atoms with Crippen LogP contribution in [0, 0.1) is 6.92 Å². The summed E-state index contributed by atoms with van der Waals surface area (Å²) in [5.74, 6) is 0. The summed E-state index contributed by atoms with van der Waals surface area (Å²) >= 11 is 11.8. The van der Waals surface area contributed by atoms with Gasteiger partial charge < -0.3 is 0 Å². The second-order valence-corrected chi connectivity index (χ2v) is 3.90. The van der Waals surface area contributed by atoms with Gasteiger partial charge in [-0.15, -0.1) is 0 Å². The maximum atomic E-state index is 5.88. The Kier molecular flexibility index (Phi) is 2.48. The predicted octanol–water partition coefficient (Wildman–Crippen LogP) is 3.49. The van der Waals surface area contributed by atoms with Crippen LogP contribution in [0.2, 0.25) is 10.0 Å². The van der Waals surface area contributed by atoms with Crippen LogP contribution in [-0.2, 0) is 0 Å². The van der Waals surface area contributed by atoms with Gasteiger partial charge in [-0.1, -0.05) is 23.2 Å². The van der Waals surface area contributed by atoms with E-state index < -0.39 is 0 Å². The van der Waals surface area contributed by atoms with Crippen LogP contribution in [0.15, 0.2) is 30.5 Å². The first-order chi connectivity index (χ1) is 6.65.